The van der Waals surface area contributed by atoms with Crippen molar-refractivity contribution in [3.05, 3.63) is 29.3 Å². The molecule has 0 aliphatic heterocycles. The molecule has 3 nitrogen and oxygen atoms in total. The average Bonchev–Trinajstić information content (AvgIpc) is 2.35. The van der Waals surface area contributed by atoms with Crippen LogP contribution in [0.3, 0.4) is 0 Å². The van der Waals surface area contributed by atoms with E-state index < -0.39 is 5.60 Å². The van der Waals surface area contributed by atoms with Crippen molar-refractivity contribution in [2.75, 3.05) is 25.6 Å². The SMILES string of the molecule is COC(C)(C)C(=O)CCN(C)c1ccc(C)cc1C. The topological polar surface area (TPSA) is 29.5 Å². The number of hydrogen-bond donors (Lipinski definition) is 0. The minimum atomic E-state index is -0.691. The first-order valence-corrected chi connectivity index (χ1v) is 6.65. The highest BCUT2D eigenvalue weighted by molar-refractivity contribution is 5.86. The Morgan fingerprint density at radius 1 is 1.32 bits per heavy atom. The van der Waals surface area contributed by atoms with E-state index in [9.17, 15) is 4.79 Å². The summed E-state index contributed by atoms with van der Waals surface area (Å²) in [6.45, 7) is 8.51. The van der Waals surface area contributed by atoms with Gasteiger partial charge in [0.05, 0.1) is 0 Å². The number of benzene rings is 1. The van der Waals surface area contributed by atoms with Gasteiger partial charge in [0.1, 0.15) is 5.60 Å². The predicted molar refractivity (Wildman–Crippen MR) is 79.9 cm³/mol. The number of carbonyl (C=O) groups is 1. The van der Waals surface area contributed by atoms with Crippen molar-refractivity contribution in [2.45, 2.75) is 39.7 Å². The van der Waals surface area contributed by atoms with E-state index in [1.54, 1.807) is 7.11 Å². The zero-order chi connectivity index (χ0) is 14.6. The summed E-state index contributed by atoms with van der Waals surface area (Å²) in [4.78, 5) is 14.1. The zero-order valence-corrected chi connectivity index (χ0v) is 12.9. The number of hydrogen-bond acceptors (Lipinski definition) is 3. The third-order valence-electron chi connectivity index (χ3n) is 3.62. The first kappa shape index (κ1) is 15.7. The van der Waals surface area contributed by atoms with Crippen molar-refractivity contribution in [3.8, 4) is 0 Å². The van der Waals surface area contributed by atoms with Crippen molar-refractivity contribution in [1.82, 2.24) is 0 Å². The Labute approximate surface area is 116 Å². The van der Waals surface area contributed by atoms with Gasteiger partial charge in [0, 0.05) is 32.8 Å². The average molecular weight is 263 g/mol. The number of ketones is 1. The molecule has 1 aromatic carbocycles. The van der Waals surface area contributed by atoms with E-state index in [1.807, 2.05) is 20.9 Å². The quantitative estimate of drug-likeness (QED) is 0.789. The number of methoxy groups -OCH3 is 1. The number of Topliss-reactive ketones (excluding diaryl/α,β-unsaturated/α-hetero) is 1. The second kappa shape index (κ2) is 6.20. The molecule has 0 unspecified atom stereocenters. The van der Waals surface area contributed by atoms with Gasteiger partial charge in [-0.1, -0.05) is 17.7 Å². The molecule has 0 aliphatic rings. The predicted octanol–water partition coefficient (Wildman–Crippen LogP) is 3.12. The lowest BCUT2D eigenvalue weighted by atomic mass is 10.0. The van der Waals surface area contributed by atoms with Crippen LogP contribution in [0.25, 0.3) is 0 Å². The molecule has 3 heteroatoms. The van der Waals surface area contributed by atoms with E-state index in [4.69, 9.17) is 4.74 Å². The molecule has 0 heterocycles. The fourth-order valence-corrected chi connectivity index (χ4v) is 2.04. The van der Waals surface area contributed by atoms with Crippen LogP contribution in [0.15, 0.2) is 18.2 Å². The van der Waals surface area contributed by atoms with Gasteiger partial charge in [-0.05, 0) is 39.3 Å². The van der Waals surface area contributed by atoms with Crippen molar-refractivity contribution in [1.29, 1.82) is 0 Å². The summed E-state index contributed by atoms with van der Waals surface area (Å²) < 4.78 is 5.21. The lowest BCUT2D eigenvalue weighted by Crippen LogP contribution is -2.36. The Kier molecular flexibility index (Phi) is 5.12. The van der Waals surface area contributed by atoms with Crippen molar-refractivity contribution >= 4 is 11.5 Å². The molecular weight excluding hydrogens is 238 g/mol. The summed E-state index contributed by atoms with van der Waals surface area (Å²) in [6.07, 6.45) is 0.491. The van der Waals surface area contributed by atoms with Crippen LogP contribution in [-0.4, -0.2) is 32.1 Å². The highest BCUT2D eigenvalue weighted by Gasteiger charge is 2.26. The minimum Gasteiger partial charge on any atom is -0.374 e. The Bertz CT molecular complexity index is 452. The maximum Gasteiger partial charge on any atom is 0.165 e. The molecule has 0 bridgehead atoms. The maximum absolute atomic E-state index is 12.0. The van der Waals surface area contributed by atoms with Crippen LogP contribution in [-0.2, 0) is 9.53 Å². The number of aryl methyl sites for hydroxylation is 2. The van der Waals surface area contributed by atoms with Crippen molar-refractivity contribution in [3.63, 3.8) is 0 Å². The van der Waals surface area contributed by atoms with Gasteiger partial charge >= 0.3 is 0 Å². The zero-order valence-electron chi connectivity index (χ0n) is 12.9. The van der Waals surface area contributed by atoms with Gasteiger partial charge in [-0.25, -0.2) is 0 Å². The number of anilines is 1. The molecule has 0 fully saturated rings. The molecule has 0 amide bonds. The molecule has 0 saturated carbocycles. The van der Waals surface area contributed by atoms with Gasteiger partial charge in [-0.2, -0.15) is 0 Å². The van der Waals surface area contributed by atoms with E-state index in [0.717, 1.165) is 0 Å². The smallest absolute Gasteiger partial charge is 0.165 e. The largest absolute Gasteiger partial charge is 0.374 e. The Morgan fingerprint density at radius 3 is 2.47 bits per heavy atom. The van der Waals surface area contributed by atoms with Gasteiger partial charge in [0.15, 0.2) is 5.78 Å². The number of rotatable bonds is 6. The van der Waals surface area contributed by atoms with Crippen LogP contribution in [0.4, 0.5) is 5.69 Å². The normalized spacial score (nSPS) is 11.5. The summed E-state index contributed by atoms with van der Waals surface area (Å²) in [7, 11) is 3.59. The van der Waals surface area contributed by atoms with E-state index in [1.165, 1.54) is 16.8 Å². The molecule has 0 saturated heterocycles. The molecular formula is C16H25NO2. The second-order valence-corrected chi connectivity index (χ2v) is 5.60. The highest BCUT2D eigenvalue weighted by atomic mass is 16.5. The van der Waals surface area contributed by atoms with Crippen LogP contribution in [0.1, 0.15) is 31.4 Å². The first-order chi connectivity index (χ1) is 8.77. The van der Waals surface area contributed by atoms with Crippen LogP contribution in [0.2, 0.25) is 0 Å². The number of nitrogens with zero attached hydrogens (tertiary/aromatic N) is 1. The monoisotopic (exact) mass is 263 g/mol. The van der Waals surface area contributed by atoms with Crippen LogP contribution in [0.5, 0.6) is 0 Å². The summed E-state index contributed by atoms with van der Waals surface area (Å²) in [5, 5.41) is 0. The molecule has 0 atom stereocenters. The Morgan fingerprint density at radius 2 is 1.95 bits per heavy atom. The van der Waals surface area contributed by atoms with Gasteiger partial charge in [0.2, 0.25) is 0 Å². The summed E-state index contributed by atoms with van der Waals surface area (Å²) in [5.74, 6) is 0.131. The molecule has 19 heavy (non-hydrogen) atoms. The number of ether oxygens (including phenoxy) is 1. The Balaban J connectivity index is 2.66. The lowest BCUT2D eigenvalue weighted by molar-refractivity contribution is -0.136. The van der Waals surface area contributed by atoms with Gasteiger partial charge in [-0.3, -0.25) is 4.79 Å². The maximum atomic E-state index is 12.0. The standard InChI is InChI=1S/C16H25NO2/c1-12-7-8-14(13(2)11-12)17(5)10-9-15(18)16(3,4)19-6/h7-8,11H,9-10H2,1-6H3. The molecule has 0 N–H and O–H groups in total. The summed E-state index contributed by atoms with van der Waals surface area (Å²) in [6, 6.07) is 6.36. The lowest BCUT2D eigenvalue weighted by Gasteiger charge is -2.25. The molecule has 1 rings (SSSR count). The molecule has 1 aromatic rings. The molecule has 0 radical (unpaired) electrons. The van der Waals surface area contributed by atoms with Crippen LogP contribution < -0.4 is 4.90 Å². The fourth-order valence-electron chi connectivity index (χ4n) is 2.04. The molecule has 0 aliphatic carbocycles. The van der Waals surface area contributed by atoms with Crippen LogP contribution >= 0.6 is 0 Å². The Hall–Kier alpha value is -1.35. The third-order valence-corrected chi connectivity index (χ3v) is 3.62. The van der Waals surface area contributed by atoms with Crippen molar-refractivity contribution < 1.29 is 9.53 Å². The fraction of sp³-hybridized carbons (Fsp3) is 0.562. The van der Waals surface area contributed by atoms with E-state index in [0.29, 0.717) is 13.0 Å². The molecule has 106 valence electrons. The summed E-state index contributed by atoms with van der Waals surface area (Å²) in [5.41, 5.74) is 2.98. The van der Waals surface area contributed by atoms with E-state index in [2.05, 4.69) is 36.9 Å². The molecule has 0 spiro atoms. The first-order valence-electron chi connectivity index (χ1n) is 6.65. The van der Waals surface area contributed by atoms with Crippen molar-refractivity contribution in [2.24, 2.45) is 0 Å². The van der Waals surface area contributed by atoms with Gasteiger partial charge < -0.3 is 9.64 Å². The minimum absolute atomic E-state index is 0.131. The van der Waals surface area contributed by atoms with Gasteiger partial charge in [0.25, 0.3) is 0 Å². The van der Waals surface area contributed by atoms with E-state index >= 15 is 0 Å². The second-order valence-electron chi connectivity index (χ2n) is 5.60. The third kappa shape index (κ3) is 4.06. The van der Waals surface area contributed by atoms with E-state index in [-0.39, 0.29) is 5.78 Å². The van der Waals surface area contributed by atoms with Crippen LogP contribution in [0, 0.1) is 13.8 Å². The molecule has 0 aromatic heterocycles. The number of carbonyl (C=O) groups excluding carboxylic acids is 1. The van der Waals surface area contributed by atoms with Gasteiger partial charge in [-0.15, -0.1) is 0 Å². The highest BCUT2D eigenvalue weighted by Crippen LogP contribution is 2.20. The summed E-state index contributed by atoms with van der Waals surface area (Å²) >= 11 is 0.